The van der Waals surface area contributed by atoms with Crippen LogP contribution in [-0.2, 0) is 4.79 Å². The number of hydrogen-bond donors (Lipinski definition) is 0. The van der Waals surface area contributed by atoms with Crippen molar-refractivity contribution >= 4 is 5.91 Å². The highest BCUT2D eigenvalue weighted by Gasteiger charge is 2.28. The highest BCUT2D eigenvalue weighted by molar-refractivity contribution is 5.77. The second kappa shape index (κ2) is 5.38. The van der Waals surface area contributed by atoms with Gasteiger partial charge in [0.05, 0.1) is 0 Å². The van der Waals surface area contributed by atoms with E-state index in [-0.39, 0.29) is 0 Å². The van der Waals surface area contributed by atoms with Gasteiger partial charge in [0.15, 0.2) is 0 Å². The summed E-state index contributed by atoms with van der Waals surface area (Å²) in [5.41, 5.74) is 0. The third-order valence-electron chi connectivity index (χ3n) is 3.06. The molecule has 1 fully saturated rings. The number of unbranched alkanes of at least 4 members (excludes halogenated alkanes) is 1. The summed E-state index contributed by atoms with van der Waals surface area (Å²) in [4.78, 5) is 13.8. The maximum Gasteiger partial charge on any atom is 0.223 e. The van der Waals surface area contributed by atoms with Gasteiger partial charge < -0.3 is 4.90 Å². The van der Waals surface area contributed by atoms with Crippen molar-refractivity contribution in [3.8, 4) is 0 Å². The first-order valence-electron chi connectivity index (χ1n) is 5.98. The minimum Gasteiger partial charge on any atom is -0.337 e. The molecule has 0 bridgehead atoms. The fraction of sp³-hybridized carbons (Fsp3) is 0.917. The Kier molecular flexibility index (Phi) is 4.43. The number of nitrogens with zero attached hydrogens (tertiary/aromatic N) is 1. The summed E-state index contributed by atoms with van der Waals surface area (Å²) < 4.78 is 0. The first kappa shape index (κ1) is 11.5. The standard InChI is InChI=1S/C12H23NO/c1-4-5-7-11-8-6-9-12(14)13(11)10(2)3/h10-11H,4-9H2,1-3H3. The normalized spacial score (nSPS) is 23.3. The lowest BCUT2D eigenvalue weighted by Crippen LogP contribution is -2.47. The lowest BCUT2D eigenvalue weighted by atomic mass is 9.95. The molecule has 1 rings (SSSR count). The van der Waals surface area contributed by atoms with Gasteiger partial charge in [-0.3, -0.25) is 4.79 Å². The minimum atomic E-state index is 0.368. The van der Waals surface area contributed by atoms with Crippen LogP contribution in [0.3, 0.4) is 0 Å². The Morgan fingerprint density at radius 2 is 2.21 bits per heavy atom. The SMILES string of the molecule is CCCCC1CCCC(=O)N1C(C)C. The van der Waals surface area contributed by atoms with Crippen LogP contribution in [0, 0.1) is 0 Å². The number of carbonyl (C=O) groups is 1. The van der Waals surface area contributed by atoms with Crippen LogP contribution in [0.15, 0.2) is 0 Å². The number of rotatable bonds is 4. The molecule has 2 nitrogen and oxygen atoms in total. The number of piperidine rings is 1. The zero-order valence-corrected chi connectivity index (χ0v) is 9.75. The van der Waals surface area contributed by atoms with E-state index in [2.05, 4.69) is 25.7 Å². The van der Waals surface area contributed by atoms with Gasteiger partial charge in [0.25, 0.3) is 0 Å². The number of carbonyl (C=O) groups excluding carboxylic acids is 1. The monoisotopic (exact) mass is 197 g/mol. The van der Waals surface area contributed by atoms with Gasteiger partial charge >= 0.3 is 0 Å². The van der Waals surface area contributed by atoms with Crippen LogP contribution in [0.5, 0.6) is 0 Å². The molecule has 0 radical (unpaired) electrons. The molecule has 1 atom stereocenters. The van der Waals surface area contributed by atoms with E-state index >= 15 is 0 Å². The summed E-state index contributed by atoms with van der Waals surface area (Å²) in [7, 11) is 0. The second-order valence-electron chi connectivity index (χ2n) is 4.58. The molecule has 82 valence electrons. The lowest BCUT2D eigenvalue weighted by Gasteiger charge is -2.38. The highest BCUT2D eigenvalue weighted by atomic mass is 16.2. The fourth-order valence-corrected chi connectivity index (χ4v) is 2.39. The van der Waals surface area contributed by atoms with Crippen molar-refractivity contribution in [2.24, 2.45) is 0 Å². The van der Waals surface area contributed by atoms with E-state index in [0.29, 0.717) is 18.0 Å². The minimum absolute atomic E-state index is 0.368. The van der Waals surface area contributed by atoms with Crippen LogP contribution >= 0.6 is 0 Å². The summed E-state index contributed by atoms with van der Waals surface area (Å²) >= 11 is 0. The van der Waals surface area contributed by atoms with Crippen molar-refractivity contribution in [2.45, 2.75) is 71.4 Å². The molecular formula is C12H23NO. The topological polar surface area (TPSA) is 20.3 Å². The maximum absolute atomic E-state index is 11.7. The van der Waals surface area contributed by atoms with Crippen molar-refractivity contribution < 1.29 is 4.79 Å². The summed E-state index contributed by atoms with van der Waals surface area (Å²) in [6.45, 7) is 6.47. The third kappa shape index (κ3) is 2.73. The first-order chi connectivity index (χ1) is 6.66. The Hall–Kier alpha value is -0.530. The van der Waals surface area contributed by atoms with Crippen LogP contribution in [0.2, 0.25) is 0 Å². The highest BCUT2D eigenvalue weighted by Crippen LogP contribution is 2.24. The van der Waals surface area contributed by atoms with Gasteiger partial charge in [-0.15, -0.1) is 0 Å². The molecule has 14 heavy (non-hydrogen) atoms. The van der Waals surface area contributed by atoms with Gasteiger partial charge in [-0.2, -0.15) is 0 Å². The second-order valence-corrected chi connectivity index (χ2v) is 4.58. The van der Waals surface area contributed by atoms with Gasteiger partial charge in [0, 0.05) is 18.5 Å². The van der Waals surface area contributed by atoms with Crippen molar-refractivity contribution in [3.05, 3.63) is 0 Å². The molecule has 0 aromatic carbocycles. The van der Waals surface area contributed by atoms with Gasteiger partial charge in [0.1, 0.15) is 0 Å². The smallest absolute Gasteiger partial charge is 0.223 e. The van der Waals surface area contributed by atoms with Gasteiger partial charge in [0.2, 0.25) is 5.91 Å². The summed E-state index contributed by atoms with van der Waals surface area (Å²) in [6.07, 6.45) is 6.75. The Labute approximate surface area is 87.7 Å². The largest absolute Gasteiger partial charge is 0.337 e. The van der Waals surface area contributed by atoms with E-state index < -0.39 is 0 Å². The van der Waals surface area contributed by atoms with Gasteiger partial charge in [-0.05, 0) is 33.1 Å². The van der Waals surface area contributed by atoms with E-state index in [4.69, 9.17) is 0 Å². The number of amides is 1. The third-order valence-corrected chi connectivity index (χ3v) is 3.06. The van der Waals surface area contributed by atoms with Crippen molar-refractivity contribution in [3.63, 3.8) is 0 Å². The summed E-state index contributed by atoms with van der Waals surface area (Å²) in [5.74, 6) is 0.368. The van der Waals surface area contributed by atoms with E-state index in [1.165, 1.54) is 25.7 Å². The maximum atomic E-state index is 11.7. The van der Waals surface area contributed by atoms with E-state index in [1.54, 1.807) is 0 Å². The van der Waals surface area contributed by atoms with Crippen molar-refractivity contribution in [2.75, 3.05) is 0 Å². The lowest BCUT2D eigenvalue weighted by molar-refractivity contribution is -0.138. The summed E-state index contributed by atoms with van der Waals surface area (Å²) in [6, 6.07) is 0.904. The summed E-state index contributed by atoms with van der Waals surface area (Å²) in [5, 5.41) is 0. The molecule has 1 saturated heterocycles. The quantitative estimate of drug-likeness (QED) is 0.678. The van der Waals surface area contributed by atoms with Crippen LogP contribution in [0.25, 0.3) is 0 Å². The van der Waals surface area contributed by atoms with Crippen LogP contribution in [0.1, 0.15) is 59.3 Å². The molecule has 0 aromatic rings. The Morgan fingerprint density at radius 1 is 1.50 bits per heavy atom. The van der Waals surface area contributed by atoms with E-state index in [0.717, 1.165) is 12.8 Å². The molecule has 1 amide bonds. The van der Waals surface area contributed by atoms with E-state index in [1.807, 2.05) is 0 Å². The average molecular weight is 197 g/mol. The molecule has 2 heteroatoms. The van der Waals surface area contributed by atoms with E-state index in [9.17, 15) is 4.79 Å². The predicted molar refractivity (Wildman–Crippen MR) is 59.1 cm³/mol. The van der Waals surface area contributed by atoms with Gasteiger partial charge in [-0.25, -0.2) is 0 Å². The number of hydrogen-bond acceptors (Lipinski definition) is 1. The Morgan fingerprint density at radius 3 is 2.79 bits per heavy atom. The molecule has 1 unspecified atom stereocenters. The van der Waals surface area contributed by atoms with Crippen molar-refractivity contribution in [1.29, 1.82) is 0 Å². The number of likely N-dealkylation sites (tertiary alicyclic amines) is 1. The molecule has 1 heterocycles. The zero-order valence-electron chi connectivity index (χ0n) is 9.75. The molecule has 1 aliphatic rings. The molecule has 0 N–H and O–H groups in total. The predicted octanol–water partition coefficient (Wildman–Crippen LogP) is 2.97. The van der Waals surface area contributed by atoms with Crippen molar-refractivity contribution in [1.82, 2.24) is 4.90 Å². The zero-order chi connectivity index (χ0) is 10.6. The molecule has 0 spiro atoms. The molecule has 1 aliphatic heterocycles. The molecule has 0 saturated carbocycles. The van der Waals surface area contributed by atoms with Gasteiger partial charge in [-0.1, -0.05) is 19.8 Å². The molecule has 0 aliphatic carbocycles. The Bertz CT molecular complexity index is 189. The van der Waals surface area contributed by atoms with Crippen LogP contribution < -0.4 is 0 Å². The van der Waals surface area contributed by atoms with Crippen LogP contribution in [-0.4, -0.2) is 22.9 Å². The first-order valence-corrected chi connectivity index (χ1v) is 5.98. The molecule has 0 aromatic heterocycles. The average Bonchev–Trinajstić information content (AvgIpc) is 2.14. The Balaban J connectivity index is 2.55. The molecular weight excluding hydrogens is 174 g/mol. The van der Waals surface area contributed by atoms with Crippen LogP contribution in [0.4, 0.5) is 0 Å². The fourth-order valence-electron chi connectivity index (χ4n) is 2.39.